The fourth-order valence-corrected chi connectivity index (χ4v) is 2.06. The Morgan fingerprint density at radius 1 is 1.44 bits per heavy atom. The van der Waals surface area contributed by atoms with Gasteiger partial charge in [0.25, 0.3) is 0 Å². The van der Waals surface area contributed by atoms with Crippen molar-refractivity contribution in [3.8, 4) is 0 Å². The van der Waals surface area contributed by atoms with E-state index in [1.165, 1.54) is 0 Å². The Morgan fingerprint density at radius 2 is 2.12 bits per heavy atom. The number of likely N-dealkylation sites (tertiary alicyclic amines) is 1. The van der Waals surface area contributed by atoms with E-state index in [0.29, 0.717) is 22.7 Å². The summed E-state index contributed by atoms with van der Waals surface area (Å²) in [7, 11) is 2.14. The van der Waals surface area contributed by atoms with Gasteiger partial charge in [-0.1, -0.05) is 11.6 Å². The Hall–Kier alpha value is -1.00. The highest BCUT2D eigenvalue weighted by Crippen LogP contribution is 2.21. The summed E-state index contributed by atoms with van der Waals surface area (Å²) in [5.41, 5.74) is 6.50. The smallest absolute Gasteiger partial charge is 0.151 e. The molecule has 2 rings (SSSR count). The predicted octanol–water partition coefficient (Wildman–Crippen LogP) is 1.82. The number of nitrogens with two attached hydrogens (primary N) is 1. The summed E-state index contributed by atoms with van der Waals surface area (Å²) in [6.45, 7) is 2.22. The van der Waals surface area contributed by atoms with E-state index in [1.807, 2.05) is 0 Å². The zero-order chi connectivity index (χ0) is 11.5. The molecule has 3 N–H and O–H groups in total. The van der Waals surface area contributed by atoms with Crippen LogP contribution in [0.15, 0.2) is 12.1 Å². The summed E-state index contributed by atoms with van der Waals surface area (Å²) < 4.78 is 0. The maximum Gasteiger partial charge on any atom is 0.151 e. The number of anilines is 2. The minimum absolute atomic E-state index is 0.449. The fraction of sp³-hybridized carbons (Fsp3) is 0.545. The van der Waals surface area contributed by atoms with Gasteiger partial charge in [0.05, 0.1) is 5.69 Å². The Morgan fingerprint density at radius 3 is 2.81 bits per heavy atom. The van der Waals surface area contributed by atoms with Crippen LogP contribution in [0.1, 0.15) is 12.8 Å². The van der Waals surface area contributed by atoms with E-state index in [-0.39, 0.29) is 0 Å². The van der Waals surface area contributed by atoms with Gasteiger partial charge in [-0.3, -0.25) is 0 Å². The van der Waals surface area contributed by atoms with Crippen molar-refractivity contribution in [3.05, 3.63) is 17.3 Å². The summed E-state index contributed by atoms with van der Waals surface area (Å²) in [6, 6.07) is 3.94. The second-order valence-corrected chi connectivity index (χ2v) is 4.68. The van der Waals surface area contributed by atoms with Gasteiger partial charge in [0.2, 0.25) is 0 Å². The van der Waals surface area contributed by atoms with Crippen molar-refractivity contribution < 1.29 is 0 Å². The van der Waals surface area contributed by atoms with Gasteiger partial charge < -0.3 is 16.0 Å². The maximum absolute atomic E-state index is 5.84. The van der Waals surface area contributed by atoms with Crippen LogP contribution in [0.5, 0.6) is 0 Å². The van der Waals surface area contributed by atoms with E-state index < -0.39 is 0 Å². The maximum atomic E-state index is 5.84. The van der Waals surface area contributed by atoms with Gasteiger partial charge in [0, 0.05) is 6.04 Å². The molecule has 0 amide bonds. The fourth-order valence-electron chi connectivity index (χ4n) is 1.91. The summed E-state index contributed by atoms with van der Waals surface area (Å²) in [6.07, 6.45) is 2.23. The van der Waals surface area contributed by atoms with Gasteiger partial charge in [0.1, 0.15) is 5.15 Å². The molecule has 1 fully saturated rings. The molecule has 0 aromatic carbocycles. The van der Waals surface area contributed by atoms with Crippen LogP contribution in [-0.4, -0.2) is 36.1 Å². The van der Waals surface area contributed by atoms with Crippen molar-refractivity contribution in [1.29, 1.82) is 0 Å². The minimum atomic E-state index is 0.449. The van der Waals surface area contributed by atoms with Crippen LogP contribution in [0.2, 0.25) is 5.15 Å². The first-order valence-corrected chi connectivity index (χ1v) is 5.90. The number of hydrogen-bond acceptors (Lipinski definition) is 4. The molecule has 1 aliphatic rings. The lowest BCUT2D eigenvalue weighted by atomic mass is 10.1. The summed E-state index contributed by atoms with van der Waals surface area (Å²) in [5.74, 6) is 0.710. The molecule has 4 nitrogen and oxygen atoms in total. The third kappa shape index (κ3) is 2.77. The number of aromatic nitrogens is 1. The van der Waals surface area contributed by atoms with Crippen molar-refractivity contribution in [2.24, 2.45) is 0 Å². The molecule has 0 unspecified atom stereocenters. The Labute approximate surface area is 101 Å². The first-order valence-electron chi connectivity index (χ1n) is 5.52. The van der Waals surface area contributed by atoms with Crippen molar-refractivity contribution in [2.45, 2.75) is 18.9 Å². The first kappa shape index (κ1) is 11.5. The van der Waals surface area contributed by atoms with Crippen LogP contribution in [0, 0.1) is 0 Å². The van der Waals surface area contributed by atoms with Crippen molar-refractivity contribution in [1.82, 2.24) is 9.88 Å². The van der Waals surface area contributed by atoms with Gasteiger partial charge in [-0.05, 0) is 45.1 Å². The zero-order valence-corrected chi connectivity index (χ0v) is 10.2. The van der Waals surface area contributed by atoms with E-state index in [1.54, 1.807) is 12.1 Å². The Kier molecular flexibility index (Phi) is 3.51. The third-order valence-electron chi connectivity index (χ3n) is 2.95. The van der Waals surface area contributed by atoms with Crippen LogP contribution in [-0.2, 0) is 0 Å². The molecule has 0 saturated carbocycles. The van der Waals surface area contributed by atoms with Gasteiger partial charge in [-0.2, -0.15) is 0 Å². The second kappa shape index (κ2) is 4.89. The molecule has 88 valence electrons. The van der Waals surface area contributed by atoms with Gasteiger partial charge in [-0.25, -0.2) is 4.98 Å². The second-order valence-electron chi connectivity index (χ2n) is 4.29. The summed E-state index contributed by atoms with van der Waals surface area (Å²) in [4.78, 5) is 6.53. The first-order chi connectivity index (χ1) is 7.65. The van der Waals surface area contributed by atoms with Crippen molar-refractivity contribution in [3.63, 3.8) is 0 Å². The van der Waals surface area contributed by atoms with Crippen LogP contribution in [0.3, 0.4) is 0 Å². The number of pyridine rings is 1. The average Bonchev–Trinajstić information content (AvgIpc) is 2.27. The third-order valence-corrected chi connectivity index (χ3v) is 3.16. The molecule has 1 aromatic heterocycles. The number of halogens is 1. The number of piperidine rings is 1. The highest BCUT2D eigenvalue weighted by molar-refractivity contribution is 6.29. The monoisotopic (exact) mass is 240 g/mol. The summed E-state index contributed by atoms with van der Waals surface area (Å²) >= 11 is 5.84. The van der Waals surface area contributed by atoms with Crippen LogP contribution in [0.25, 0.3) is 0 Å². The lowest BCUT2D eigenvalue weighted by Crippen LogP contribution is -2.37. The van der Waals surface area contributed by atoms with E-state index in [9.17, 15) is 0 Å². The molecule has 5 heteroatoms. The molecule has 16 heavy (non-hydrogen) atoms. The van der Waals surface area contributed by atoms with Crippen LogP contribution in [0.4, 0.5) is 11.5 Å². The van der Waals surface area contributed by atoms with E-state index >= 15 is 0 Å². The molecular formula is C11H17ClN4. The van der Waals surface area contributed by atoms with E-state index in [0.717, 1.165) is 25.9 Å². The van der Waals surface area contributed by atoms with Crippen LogP contribution < -0.4 is 11.1 Å². The van der Waals surface area contributed by atoms with Crippen molar-refractivity contribution >= 4 is 23.1 Å². The molecule has 1 saturated heterocycles. The van der Waals surface area contributed by atoms with Crippen LogP contribution >= 0.6 is 11.6 Å². The Bertz CT molecular complexity index is 361. The largest absolute Gasteiger partial charge is 0.396 e. The number of nitrogens with one attached hydrogen (secondary N) is 1. The SMILES string of the molecule is CN1CCC(Nc2nc(Cl)ccc2N)CC1. The van der Waals surface area contributed by atoms with Crippen molar-refractivity contribution in [2.75, 3.05) is 31.2 Å². The average molecular weight is 241 g/mol. The predicted molar refractivity (Wildman–Crippen MR) is 67.8 cm³/mol. The number of nitrogen functional groups attached to an aromatic ring is 1. The number of nitrogens with zero attached hydrogens (tertiary/aromatic N) is 2. The molecule has 0 aliphatic carbocycles. The summed E-state index contributed by atoms with van der Waals surface area (Å²) in [5, 5.41) is 3.84. The molecule has 0 atom stereocenters. The molecule has 0 radical (unpaired) electrons. The lowest BCUT2D eigenvalue weighted by molar-refractivity contribution is 0.263. The van der Waals surface area contributed by atoms with E-state index in [2.05, 4.69) is 22.2 Å². The van der Waals surface area contributed by atoms with Gasteiger partial charge >= 0.3 is 0 Å². The van der Waals surface area contributed by atoms with Gasteiger partial charge in [-0.15, -0.1) is 0 Å². The van der Waals surface area contributed by atoms with Gasteiger partial charge in [0.15, 0.2) is 5.82 Å². The quantitative estimate of drug-likeness (QED) is 0.775. The highest BCUT2D eigenvalue weighted by atomic mass is 35.5. The zero-order valence-electron chi connectivity index (χ0n) is 9.41. The number of rotatable bonds is 2. The topological polar surface area (TPSA) is 54.2 Å². The Balaban J connectivity index is 2.00. The molecular weight excluding hydrogens is 224 g/mol. The molecule has 1 aliphatic heterocycles. The normalized spacial score (nSPS) is 18.6. The highest BCUT2D eigenvalue weighted by Gasteiger charge is 2.17. The number of hydrogen-bond donors (Lipinski definition) is 2. The molecule has 2 heterocycles. The standard InChI is InChI=1S/C11H17ClN4/c1-16-6-4-8(5-7-16)14-11-9(13)2-3-10(12)15-11/h2-3,8H,4-7,13H2,1H3,(H,14,15). The molecule has 0 spiro atoms. The lowest BCUT2D eigenvalue weighted by Gasteiger charge is -2.30. The van der Waals surface area contributed by atoms with E-state index in [4.69, 9.17) is 17.3 Å². The minimum Gasteiger partial charge on any atom is -0.396 e. The molecule has 1 aromatic rings. The molecule has 0 bridgehead atoms.